The quantitative estimate of drug-likeness (QED) is 0.812. The molecule has 1 aromatic carbocycles. The third-order valence-corrected chi connectivity index (χ3v) is 4.13. The first-order valence-electron chi connectivity index (χ1n) is 8.03. The number of hydrogen-bond donors (Lipinski definition) is 0. The van der Waals surface area contributed by atoms with Crippen LogP contribution in [0, 0.1) is 0 Å². The number of carbonyl (C=O) groups is 1. The fraction of sp³-hybridized carbons (Fsp3) is 0.263. The Hall–Kier alpha value is -2.82. The summed E-state index contributed by atoms with van der Waals surface area (Å²) >= 11 is 0. The maximum absolute atomic E-state index is 13.0. The normalized spacial score (nSPS) is 14.7. The van der Waals surface area contributed by atoms with Gasteiger partial charge in [-0.2, -0.15) is 0 Å². The van der Waals surface area contributed by atoms with Crippen molar-refractivity contribution in [2.24, 2.45) is 0 Å². The minimum atomic E-state index is -0.230. The van der Waals surface area contributed by atoms with Crippen molar-refractivity contribution in [2.75, 3.05) is 20.2 Å². The topological polar surface area (TPSA) is 51.5 Å². The minimum absolute atomic E-state index is 0.133. The third kappa shape index (κ3) is 3.25. The number of methoxy groups -OCH3 is 1. The molecular formula is C19H20N2O3. The van der Waals surface area contributed by atoms with Crippen LogP contribution < -0.4 is 10.3 Å². The second-order valence-corrected chi connectivity index (χ2v) is 5.68. The highest BCUT2D eigenvalue weighted by Gasteiger charge is 2.23. The van der Waals surface area contributed by atoms with Gasteiger partial charge in [-0.05, 0) is 31.1 Å². The molecule has 5 nitrogen and oxygen atoms in total. The molecular weight excluding hydrogens is 304 g/mol. The summed E-state index contributed by atoms with van der Waals surface area (Å²) in [6.45, 7) is 1.45. The van der Waals surface area contributed by atoms with E-state index < -0.39 is 0 Å². The van der Waals surface area contributed by atoms with Gasteiger partial charge in [-0.15, -0.1) is 0 Å². The summed E-state index contributed by atoms with van der Waals surface area (Å²) < 4.78 is 6.76. The number of amides is 1. The lowest BCUT2D eigenvalue weighted by Crippen LogP contribution is -2.33. The van der Waals surface area contributed by atoms with Gasteiger partial charge in [-0.25, -0.2) is 0 Å². The summed E-state index contributed by atoms with van der Waals surface area (Å²) in [4.78, 5) is 27.0. The molecule has 2 aromatic rings. The summed E-state index contributed by atoms with van der Waals surface area (Å²) in [5.41, 5.74) is 0.872. The highest BCUT2D eigenvalue weighted by Crippen LogP contribution is 2.23. The molecule has 0 N–H and O–H groups in total. The Kier molecular flexibility index (Phi) is 4.79. The molecule has 0 unspecified atom stereocenters. The molecule has 0 aliphatic carbocycles. The number of para-hydroxylation sites is 1. The lowest BCUT2D eigenvalue weighted by molar-refractivity contribution is -0.124. The van der Waals surface area contributed by atoms with Gasteiger partial charge in [0.05, 0.1) is 7.11 Å². The van der Waals surface area contributed by atoms with Crippen molar-refractivity contribution >= 4 is 17.7 Å². The molecule has 0 bridgehead atoms. The lowest BCUT2D eigenvalue weighted by atomic mass is 10.1. The van der Waals surface area contributed by atoms with Crippen LogP contribution in [-0.2, 0) is 4.79 Å². The predicted octanol–water partition coefficient (Wildman–Crippen LogP) is 2.48. The van der Waals surface area contributed by atoms with Gasteiger partial charge in [0.25, 0.3) is 11.5 Å². The molecule has 1 aromatic heterocycles. The zero-order valence-corrected chi connectivity index (χ0v) is 13.6. The van der Waals surface area contributed by atoms with Gasteiger partial charge >= 0.3 is 0 Å². The van der Waals surface area contributed by atoms with Crippen LogP contribution >= 0.6 is 0 Å². The number of ether oxygens (including phenoxy) is 1. The second-order valence-electron chi connectivity index (χ2n) is 5.68. The van der Waals surface area contributed by atoms with Crippen LogP contribution in [0.3, 0.4) is 0 Å². The Balaban J connectivity index is 2.11. The van der Waals surface area contributed by atoms with E-state index in [1.165, 1.54) is 10.6 Å². The maximum Gasteiger partial charge on any atom is 0.270 e. The van der Waals surface area contributed by atoms with E-state index in [4.69, 9.17) is 4.74 Å². The predicted molar refractivity (Wildman–Crippen MR) is 93.7 cm³/mol. The van der Waals surface area contributed by atoms with Crippen molar-refractivity contribution < 1.29 is 9.53 Å². The van der Waals surface area contributed by atoms with E-state index >= 15 is 0 Å². The number of aromatic nitrogens is 1. The standard InChI is InChI=1S/C19H20N2O3/c1-24-17-9-3-2-8-15(17)14-16(19(23)20-11-6-7-12-20)21-13-5-4-10-18(21)22/h2-5,8-10,13-14H,6-7,11-12H2,1H3. The molecule has 1 amide bonds. The van der Waals surface area contributed by atoms with Crippen molar-refractivity contribution in [1.29, 1.82) is 0 Å². The molecule has 3 rings (SSSR count). The van der Waals surface area contributed by atoms with Crippen LogP contribution in [0.2, 0.25) is 0 Å². The van der Waals surface area contributed by atoms with Gasteiger partial charge in [-0.1, -0.05) is 24.3 Å². The van der Waals surface area contributed by atoms with Crippen molar-refractivity contribution in [3.05, 3.63) is 64.6 Å². The van der Waals surface area contributed by atoms with Crippen LogP contribution in [0.25, 0.3) is 11.8 Å². The third-order valence-electron chi connectivity index (χ3n) is 4.13. The smallest absolute Gasteiger partial charge is 0.270 e. The number of carbonyl (C=O) groups excluding carboxylic acids is 1. The molecule has 5 heteroatoms. The van der Waals surface area contributed by atoms with Crippen LogP contribution in [-0.4, -0.2) is 35.6 Å². The van der Waals surface area contributed by atoms with Gasteiger partial charge in [0.15, 0.2) is 0 Å². The fourth-order valence-corrected chi connectivity index (χ4v) is 2.88. The van der Waals surface area contributed by atoms with E-state index in [9.17, 15) is 9.59 Å². The Labute approximate surface area is 140 Å². The van der Waals surface area contributed by atoms with Crippen LogP contribution in [0.4, 0.5) is 0 Å². The van der Waals surface area contributed by atoms with Crippen molar-refractivity contribution in [2.45, 2.75) is 12.8 Å². The van der Waals surface area contributed by atoms with Gasteiger partial charge in [0, 0.05) is 30.9 Å². The van der Waals surface area contributed by atoms with Crippen molar-refractivity contribution in [3.8, 4) is 5.75 Å². The molecule has 1 fully saturated rings. The summed E-state index contributed by atoms with van der Waals surface area (Å²) in [5, 5.41) is 0. The average Bonchev–Trinajstić information content (AvgIpc) is 3.15. The highest BCUT2D eigenvalue weighted by atomic mass is 16.5. The molecule has 1 aliphatic rings. The molecule has 24 heavy (non-hydrogen) atoms. The monoisotopic (exact) mass is 324 g/mol. The summed E-state index contributed by atoms with van der Waals surface area (Å²) in [6.07, 6.45) is 5.34. The van der Waals surface area contributed by atoms with E-state index in [0.29, 0.717) is 11.4 Å². The van der Waals surface area contributed by atoms with Gasteiger partial charge < -0.3 is 9.64 Å². The molecule has 0 radical (unpaired) electrons. The number of likely N-dealkylation sites (tertiary alicyclic amines) is 1. The van der Waals surface area contributed by atoms with Crippen LogP contribution in [0.15, 0.2) is 53.5 Å². The van der Waals surface area contributed by atoms with Gasteiger partial charge in [-0.3, -0.25) is 14.2 Å². The summed E-state index contributed by atoms with van der Waals surface area (Å²) in [7, 11) is 1.59. The maximum atomic E-state index is 13.0. The molecule has 124 valence electrons. The molecule has 0 saturated carbocycles. The Morgan fingerprint density at radius 2 is 1.79 bits per heavy atom. The van der Waals surface area contributed by atoms with Gasteiger partial charge in [0.2, 0.25) is 0 Å². The van der Waals surface area contributed by atoms with Crippen molar-refractivity contribution in [1.82, 2.24) is 9.47 Å². The Morgan fingerprint density at radius 3 is 2.50 bits per heavy atom. The molecule has 1 saturated heterocycles. The van der Waals surface area contributed by atoms with E-state index in [1.54, 1.807) is 36.4 Å². The molecule has 0 spiro atoms. The first-order valence-corrected chi connectivity index (χ1v) is 8.03. The Bertz CT molecular complexity index is 817. The van der Waals surface area contributed by atoms with E-state index in [2.05, 4.69) is 0 Å². The molecule has 2 heterocycles. The van der Waals surface area contributed by atoms with E-state index in [1.807, 2.05) is 24.3 Å². The lowest BCUT2D eigenvalue weighted by Gasteiger charge is -2.19. The first-order chi connectivity index (χ1) is 11.7. The second kappa shape index (κ2) is 7.17. The van der Waals surface area contributed by atoms with E-state index in [0.717, 1.165) is 31.5 Å². The average molecular weight is 324 g/mol. The van der Waals surface area contributed by atoms with Crippen LogP contribution in [0.1, 0.15) is 18.4 Å². The fourth-order valence-electron chi connectivity index (χ4n) is 2.88. The summed E-state index contributed by atoms with van der Waals surface area (Å²) in [6, 6.07) is 12.3. The molecule has 0 atom stereocenters. The first kappa shape index (κ1) is 16.1. The Morgan fingerprint density at radius 1 is 1.08 bits per heavy atom. The number of nitrogens with zero attached hydrogens (tertiary/aromatic N) is 2. The van der Waals surface area contributed by atoms with Crippen molar-refractivity contribution in [3.63, 3.8) is 0 Å². The van der Waals surface area contributed by atoms with Gasteiger partial charge in [0.1, 0.15) is 11.4 Å². The largest absolute Gasteiger partial charge is 0.496 e. The number of hydrogen-bond acceptors (Lipinski definition) is 3. The summed E-state index contributed by atoms with van der Waals surface area (Å²) in [5.74, 6) is 0.528. The minimum Gasteiger partial charge on any atom is -0.496 e. The number of rotatable bonds is 4. The number of pyridine rings is 1. The number of benzene rings is 1. The highest BCUT2D eigenvalue weighted by molar-refractivity contribution is 6.18. The zero-order chi connectivity index (χ0) is 16.9. The van der Waals surface area contributed by atoms with Crippen LogP contribution in [0.5, 0.6) is 5.75 Å². The zero-order valence-electron chi connectivity index (χ0n) is 13.6. The molecule has 1 aliphatic heterocycles. The van der Waals surface area contributed by atoms with E-state index in [-0.39, 0.29) is 11.5 Å². The SMILES string of the molecule is COc1ccccc1C=C(C(=O)N1CCCC1)n1ccccc1=O.